The van der Waals surface area contributed by atoms with Crippen LogP contribution in [0.3, 0.4) is 0 Å². The van der Waals surface area contributed by atoms with Gasteiger partial charge in [-0.1, -0.05) is 29.9 Å². The molecule has 3 rings (SSSR count). The van der Waals surface area contributed by atoms with E-state index in [2.05, 4.69) is 23.5 Å². The smallest absolute Gasteiger partial charge is 0.229 e. The molecule has 2 aliphatic carbocycles. The molecule has 0 radical (unpaired) electrons. The molecule has 0 aliphatic heterocycles. The molecule has 138 valence electrons. The summed E-state index contributed by atoms with van der Waals surface area (Å²) in [4.78, 5) is 43.9. The fourth-order valence-electron chi connectivity index (χ4n) is 3.26. The molecule has 1 saturated carbocycles. The lowest BCUT2D eigenvalue weighted by molar-refractivity contribution is -0.134. The van der Waals surface area contributed by atoms with E-state index in [9.17, 15) is 14.4 Å². The van der Waals surface area contributed by atoms with Crippen LogP contribution in [0.1, 0.15) is 41.0 Å². The molecule has 7 heteroatoms. The van der Waals surface area contributed by atoms with E-state index in [0.29, 0.717) is 35.2 Å². The number of nitrogens with zero attached hydrogens (tertiary/aromatic N) is 2. The number of rotatable bonds is 7. The largest absolute Gasteiger partial charge is 0.335 e. The van der Waals surface area contributed by atoms with Crippen molar-refractivity contribution < 1.29 is 14.4 Å². The number of hydrogen-bond acceptors (Lipinski definition) is 5. The molecule has 26 heavy (non-hydrogen) atoms. The Morgan fingerprint density at radius 2 is 1.88 bits per heavy atom. The minimum Gasteiger partial charge on any atom is -0.335 e. The van der Waals surface area contributed by atoms with Gasteiger partial charge < -0.3 is 10.2 Å². The van der Waals surface area contributed by atoms with E-state index in [1.54, 1.807) is 17.1 Å². The molecule has 0 saturated heterocycles. The highest BCUT2D eigenvalue weighted by atomic mass is 32.1. The van der Waals surface area contributed by atoms with Crippen LogP contribution in [0.2, 0.25) is 0 Å². The number of carbonyl (C=O) groups excluding carboxylic acids is 3. The Balaban J connectivity index is 1.71. The number of amides is 2. The molecule has 0 unspecified atom stereocenters. The summed E-state index contributed by atoms with van der Waals surface area (Å²) in [5, 5.41) is 3.28. The van der Waals surface area contributed by atoms with E-state index in [4.69, 9.17) is 0 Å². The first-order valence-corrected chi connectivity index (χ1v) is 9.69. The van der Waals surface area contributed by atoms with Crippen LogP contribution >= 0.6 is 11.3 Å². The van der Waals surface area contributed by atoms with Crippen molar-refractivity contribution >= 4 is 34.1 Å². The number of anilines is 1. The molecular formula is C19H23N3O3S. The van der Waals surface area contributed by atoms with Crippen molar-refractivity contribution in [1.29, 1.82) is 0 Å². The summed E-state index contributed by atoms with van der Waals surface area (Å²) in [6, 6.07) is 0. The van der Waals surface area contributed by atoms with Crippen LogP contribution in [-0.2, 0) is 16.0 Å². The van der Waals surface area contributed by atoms with E-state index in [1.165, 1.54) is 11.3 Å². The Morgan fingerprint density at radius 3 is 2.46 bits per heavy atom. The predicted molar refractivity (Wildman–Crippen MR) is 101 cm³/mol. The fraction of sp³-hybridized carbons (Fsp3) is 0.474. The molecule has 0 spiro atoms. The normalized spacial score (nSPS) is 19.2. The summed E-state index contributed by atoms with van der Waals surface area (Å²) in [7, 11) is 0. The summed E-state index contributed by atoms with van der Waals surface area (Å²) >= 11 is 1.22. The summed E-state index contributed by atoms with van der Waals surface area (Å²) in [5.74, 6) is -0.551. The fourth-order valence-corrected chi connectivity index (χ4v) is 4.21. The van der Waals surface area contributed by atoms with Gasteiger partial charge in [0, 0.05) is 31.8 Å². The van der Waals surface area contributed by atoms with Crippen molar-refractivity contribution in [3.8, 4) is 0 Å². The van der Waals surface area contributed by atoms with E-state index in [1.807, 2.05) is 0 Å². The van der Waals surface area contributed by atoms with Crippen LogP contribution in [0, 0.1) is 11.8 Å². The van der Waals surface area contributed by atoms with Crippen LogP contribution in [-0.4, -0.2) is 40.6 Å². The highest BCUT2D eigenvalue weighted by Gasteiger charge is 2.35. The summed E-state index contributed by atoms with van der Waals surface area (Å²) < 4.78 is 0. The van der Waals surface area contributed by atoms with Crippen molar-refractivity contribution in [2.75, 3.05) is 18.4 Å². The molecule has 6 nitrogen and oxygen atoms in total. The molecule has 1 heterocycles. The average molecular weight is 373 g/mol. The number of ketones is 1. The van der Waals surface area contributed by atoms with Crippen molar-refractivity contribution in [2.45, 2.75) is 32.1 Å². The number of carbonyl (C=O) groups is 3. The maximum Gasteiger partial charge on any atom is 0.229 e. The zero-order valence-electron chi connectivity index (χ0n) is 14.7. The second-order valence-corrected chi connectivity index (χ2v) is 7.76. The van der Waals surface area contributed by atoms with Gasteiger partial charge in [0.1, 0.15) is 0 Å². The lowest BCUT2D eigenvalue weighted by atomic mass is 9.85. The minimum atomic E-state index is -0.424. The summed E-state index contributed by atoms with van der Waals surface area (Å²) in [5.41, 5.74) is 0.616. The number of nitrogens with one attached hydrogen (secondary N) is 1. The SMILES string of the molecule is C=CCN(CC=C)C(=O)[C@H]1CC(=O)c2sc(NC(=O)C3CCC3)nc2C1. The third kappa shape index (κ3) is 3.77. The van der Waals surface area contributed by atoms with Gasteiger partial charge in [0.2, 0.25) is 11.8 Å². The van der Waals surface area contributed by atoms with Gasteiger partial charge in [-0.2, -0.15) is 0 Å². The Hall–Kier alpha value is -2.28. The highest BCUT2D eigenvalue weighted by Crippen LogP contribution is 2.34. The zero-order chi connectivity index (χ0) is 18.7. The number of hydrogen-bond donors (Lipinski definition) is 1. The molecule has 2 amide bonds. The van der Waals surface area contributed by atoms with Gasteiger partial charge in [-0.05, 0) is 12.8 Å². The second-order valence-electron chi connectivity index (χ2n) is 6.76. The molecule has 1 aromatic heterocycles. The van der Waals surface area contributed by atoms with Gasteiger partial charge in [0.25, 0.3) is 0 Å². The van der Waals surface area contributed by atoms with E-state index >= 15 is 0 Å². The van der Waals surface area contributed by atoms with Crippen molar-refractivity contribution in [3.05, 3.63) is 35.9 Å². The number of aromatic nitrogens is 1. The van der Waals surface area contributed by atoms with Gasteiger partial charge in [-0.25, -0.2) is 4.98 Å². The standard InChI is InChI=1S/C19H23N3O3S/c1-3-8-22(9-4-2)18(25)13-10-14-16(15(23)11-13)26-19(20-14)21-17(24)12-6-5-7-12/h3-4,12-13H,1-2,5-11H2,(H,20,21,24)/t13-/m1/s1. The molecule has 1 atom stereocenters. The minimum absolute atomic E-state index is 0.0226. The van der Waals surface area contributed by atoms with E-state index in [0.717, 1.165) is 19.3 Å². The number of Topliss-reactive ketones (excluding diaryl/α,β-unsaturated/α-hetero) is 1. The van der Waals surface area contributed by atoms with Crippen LogP contribution in [0.15, 0.2) is 25.3 Å². The van der Waals surface area contributed by atoms with Crippen LogP contribution in [0.4, 0.5) is 5.13 Å². The average Bonchev–Trinajstić information content (AvgIpc) is 2.95. The highest BCUT2D eigenvalue weighted by molar-refractivity contribution is 7.17. The lowest BCUT2D eigenvalue weighted by Gasteiger charge is -2.26. The Bertz CT molecular complexity index is 741. The Kier molecular flexibility index (Phi) is 5.66. The lowest BCUT2D eigenvalue weighted by Crippen LogP contribution is -2.39. The Labute approximate surface area is 157 Å². The van der Waals surface area contributed by atoms with Gasteiger partial charge in [-0.3, -0.25) is 14.4 Å². The first kappa shape index (κ1) is 18.5. The topological polar surface area (TPSA) is 79.4 Å². The molecule has 1 N–H and O–H groups in total. The maximum absolute atomic E-state index is 12.7. The second kappa shape index (κ2) is 7.95. The summed E-state index contributed by atoms with van der Waals surface area (Å²) in [6.45, 7) is 8.18. The quantitative estimate of drug-likeness (QED) is 0.746. The van der Waals surface area contributed by atoms with E-state index in [-0.39, 0.29) is 29.9 Å². The maximum atomic E-state index is 12.7. The first-order valence-electron chi connectivity index (χ1n) is 8.87. The monoisotopic (exact) mass is 373 g/mol. The van der Waals surface area contributed by atoms with Crippen molar-refractivity contribution in [1.82, 2.24) is 9.88 Å². The van der Waals surface area contributed by atoms with Gasteiger partial charge >= 0.3 is 0 Å². The summed E-state index contributed by atoms with van der Waals surface area (Å²) in [6.07, 6.45) is 6.82. The predicted octanol–water partition coefficient (Wildman–Crippen LogP) is 2.83. The Morgan fingerprint density at radius 1 is 1.19 bits per heavy atom. The van der Waals surface area contributed by atoms with Gasteiger partial charge in [0.05, 0.1) is 16.5 Å². The molecule has 1 fully saturated rings. The van der Waals surface area contributed by atoms with Crippen molar-refractivity contribution in [2.24, 2.45) is 11.8 Å². The third-order valence-corrected chi connectivity index (χ3v) is 5.94. The van der Waals surface area contributed by atoms with Crippen LogP contribution < -0.4 is 5.32 Å². The van der Waals surface area contributed by atoms with Gasteiger partial charge in [-0.15, -0.1) is 13.2 Å². The molecule has 2 aliphatic rings. The van der Waals surface area contributed by atoms with Crippen LogP contribution in [0.25, 0.3) is 0 Å². The molecule has 1 aromatic rings. The molecule has 0 bridgehead atoms. The van der Waals surface area contributed by atoms with E-state index < -0.39 is 5.92 Å². The van der Waals surface area contributed by atoms with Crippen LogP contribution in [0.5, 0.6) is 0 Å². The van der Waals surface area contributed by atoms with Gasteiger partial charge in [0.15, 0.2) is 10.9 Å². The molecular weight excluding hydrogens is 350 g/mol. The zero-order valence-corrected chi connectivity index (χ0v) is 15.5. The number of fused-ring (bicyclic) bond motifs is 1. The van der Waals surface area contributed by atoms with Crippen molar-refractivity contribution in [3.63, 3.8) is 0 Å². The molecule has 0 aromatic carbocycles. The third-order valence-electron chi connectivity index (χ3n) is 4.89. The number of thiazole rings is 1. The first-order chi connectivity index (χ1) is 12.5.